The van der Waals surface area contributed by atoms with Crippen LogP contribution in [0.3, 0.4) is 0 Å². The number of ether oxygens (including phenoxy) is 1. The molecule has 1 unspecified atom stereocenters. The molecule has 2 fully saturated rings. The molecule has 0 aromatic rings. The van der Waals surface area contributed by atoms with E-state index in [0.717, 1.165) is 12.8 Å². The average molecular weight is 340 g/mol. The van der Waals surface area contributed by atoms with E-state index in [1.54, 1.807) is 9.80 Å². The predicted molar refractivity (Wildman–Crippen MR) is 88.0 cm³/mol. The predicted octanol–water partition coefficient (Wildman–Crippen LogP) is -1.06. The van der Waals surface area contributed by atoms with Crippen LogP contribution < -0.4 is 11.1 Å². The number of carbonyl (C=O) groups is 3. The third-order valence-electron chi connectivity index (χ3n) is 4.58. The van der Waals surface area contributed by atoms with Gasteiger partial charge in [0.1, 0.15) is 6.10 Å². The Labute approximate surface area is 142 Å². The van der Waals surface area contributed by atoms with Crippen LogP contribution >= 0.6 is 0 Å². The zero-order chi connectivity index (χ0) is 17.7. The second kappa shape index (κ2) is 8.43. The number of amides is 3. The van der Waals surface area contributed by atoms with Gasteiger partial charge in [-0.2, -0.15) is 0 Å². The monoisotopic (exact) mass is 340 g/mol. The van der Waals surface area contributed by atoms with Gasteiger partial charge in [0.25, 0.3) is 5.91 Å². The van der Waals surface area contributed by atoms with Crippen LogP contribution in [0.25, 0.3) is 0 Å². The maximum atomic E-state index is 12.3. The zero-order valence-electron chi connectivity index (χ0n) is 14.5. The minimum atomic E-state index is -0.612. The summed E-state index contributed by atoms with van der Waals surface area (Å²) in [5, 5.41) is 2.58. The van der Waals surface area contributed by atoms with Crippen molar-refractivity contribution in [3.05, 3.63) is 0 Å². The first kappa shape index (κ1) is 18.7. The number of rotatable bonds is 5. The molecule has 2 saturated heterocycles. The van der Waals surface area contributed by atoms with E-state index in [2.05, 4.69) is 5.32 Å². The van der Waals surface area contributed by atoms with Gasteiger partial charge in [-0.1, -0.05) is 13.8 Å². The fourth-order valence-corrected chi connectivity index (χ4v) is 2.85. The summed E-state index contributed by atoms with van der Waals surface area (Å²) in [6, 6.07) is -0.612. The topological polar surface area (TPSA) is 105 Å². The van der Waals surface area contributed by atoms with Gasteiger partial charge in [0.15, 0.2) is 0 Å². The number of hydrogen-bond acceptors (Lipinski definition) is 5. The molecule has 2 aliphatic heterocycles. The molecule has 0 aliphatic carbocycles. The van der Waals surface area contributed by atoms with Gasteiger partial charge >= 0.3 is 0 Å². The molecule has 0 radical (unpaired) electrons. The number of nitrogens with two attached hydrogens (primary N) is 1. The Hall–Kier alpha value is -1.67. The third kappa shape index (κ3) is 4.67. The lowest BCUT2D eigenvalue weighted by atomic mass is 10.1. The van der Waals surface area contributed by atoms with Gasteiger partial charge < -0.3 is 25.6 Å². The molecular formula is C16H28N4O4. The van der Waals surface area contributed by atoms with E-state index in [1.165, 1.54) is 0 Å². The molecule has 8 nitrogen and oxygen atoms in total. The van der Waals surface area contributed by atoms with E-state index in [4.69, 9.17) is 10.5 Å². The summed E-state index contributed by atoms with van der Waals surface area (Å²) in [6.07, 6.45) is 1.39. The first-order chi connectivity index (χ1) is 11.4. The Morgan fingerprint density at radius 1 is 1.17 bits per heavy atom. The van der Waals surface area contributed by atoms with Crippen LogP contribution in [-0.2, 0) is 19.1 Å². The highest BCUT2D eigenvalue weighted by atomic mass is 16.5. The second-order valence-electron chi connectivity index (χ2n) is 6.70. The number of nitrogens with zero attached hydrogens (tertiary/aromatic N) is 2. The lowest BCUT2D eigenvalue weighted by molar-refractivity contribution is -0.145. The summed E-state index contributed by atoms with van der Waals surface area (Å²) in [5.41, 5.74) is 5.74. The van der Waals surface area contributed by atoms with E-state index in [-0.39, 0.29) is 36.3 Å². The Kier molecular flexibility index (Phi) is 6.56. The molecule has 0 spiro atoms. The molecule has 8 heteroatoms. The van der Waals surface area contributed by atoms with Gasteiger partial charge in [0.2, 0.25) is 11.8 Å². The van der Waals surface area contributed by atoms with Gasteiger partial charge in [-0.15, -0.1) is 0 Å². The highest BCUT2D eigenvalue weighted by Gasteiger charge is 2.31. The minimum Gasteiger partial charge on any atom is -0.368 e. The van der Waals surface area contributed by atoms with E-state index in [1.807, 2.05) is 13.8 Å². The summed E-state index contributed by atoms with van der Waals surface area (Å²) < 4.78 is 5.42. The fraction of sp³-hybridized carbons (Fsp3) is 0.812. The normalized spacial score (nSPS) is 22.6. The molecular weight excluding hydrogens is 312 g/mol. The summed E-state index contributed by atoms with van der Waals surface area (Å²) in [5.74, 6) is -0.419. The second-order valence-corrected chi connectivity index (χ2v) is 6.70. The van der Waals surface area contributed by atoms with Crippen molar-refractivity contribution >= 4 is 17.7 Å². The lowest BCUT2D eigenvalue weighted by Gasteiger charge is -2.35. The molecule has 2 rings (SSSR count). The third-order valence-corrected chi connectivity index (χ3v) is 4.58. The number of nitrogens with one attached hydrogen (secondary N) is 1. The quantitative estimate of drug-likeness (QED) is 0.663. The SMILES string of the molecule is CC(C)[C@H](N)C(=O)NCC(=O)N1CCN(C(=O)C2CCCO2)CC1. The highest BCUT2D eigenvalue weighted by Crippen LogP contribution is 2.16. The molecule has 0 saturated carbocycles. The average Bonchev–Trinajstić information content (AvgIpc) is 3.12. The summed E-state index contributed by atoms with van der Waals surface area (Å²) in [4.78, 5) is 39.6. The smallest absolute Gasteiger partial charge is 0.251 e. The van der Waals surface area contributed by atoms with Gasteiger partial charge in [0.05, 0.1) is 12.6 Å². The molecule has 2 aliphatic rings. The van der Waals surface area contributed by atoms with E-state index < -0.39 is 6.04 Å². The van der Waals surface area contributed by atoms with Crippen molar-refractivity contribution in [1.82, 2.24) is 15.1 Å². The lowest BCUT2D eigenvalue weighted by Crippen LogP contribution is -2.55. The largest absolute Gasteiger partial charge is 0.368 e. The summed E-state index contributed by atoms with van der Waals surface area (Å²) >= 11 is 0. The first-order valence-electron chi connectivity index (χ1n) is 8.61. The number of carbonyl (C=O) groups excluding carboxylic acids is 3. The van der Waals surface area contributed by atoms with Crippen LogP contribution in [0, 0.1) is 5.92 Å². The Bertz CT molecular complexity index is 469. The molecule has 3 N–H and O–H groups in total. The molecule has 24 heavy (non-hydrogen) atoms. The fourth-order valence-electron chi connectivity index (χ4n) is 2.85. The first-order valence-corrected chi connectivity index (χ1v) is 8.61. The zero-order valence-corrected chi connectivity index (χ0v) is 14.5. The van der Waals surface area contributed by atoms with Gasteiger partial charge in [-0.3, -0.25) is 14.4 Å². The molecule has 3 amide bonds. The van der Waals surface area contributed by atoms with Crippen LogP contribution in [-0.4, -0.2) is 79.0 Å². The molecule has 0 aromatic carbocycles. The van der Waals surface area contributed by atoms with Crippen LogP contribution in [0.1, 0.15) is 26.7 Å². The standard InChI is InChI=1S/C16H28N4O4/c1-11(2)14(17)15(22)18-10-13(21)19-5-7-20(8-6-19)16(23)12-4-3-9-24-12/h11-12,14H,3-10,17H2,1-2H3,(H,18,22)/t12?,14-/m0/s1. The molecule has 0 aromatic heterocycles. The van der Waals surface area contributed by atoms with Gasteiger partial charge in [0, 0.05) is 32.8 Å². The van der Waals surface area contributed by atoms with Crippen LogP contribution in [0.5, 0.6) is 0 Å². The molecule has 2 atom stereocenters. The summed E-state index contributed by atoms with van der Waals surface area (Å²) in [6.45, 7) is 6.26. The Morgan fingerprint density at radius 2 is 1.79 bits per heavy atom. The van der Waals surface area contributed by atoms with Crippen molar-refractivity contribution in [2.45, 2.75) is 38.8 Å². The van der Waals surface area contributed by atoms with Crippen LogP contribution in [0.15, 0.2) is 0 Å². The molecule has 136 valence electrons. The Morgan fingerprint density at radius 3 is 2.33 bits per heavy atom. The Balaban J connectivity index is 1.72. The number of piperazine rings is 1. The summed E-state index contributed by atoms with van der Waals surface area (Å²) in [7, 11) is 0. The maximum Gasteiger partial charge on any atom is 0.251 e. The van der Waals surface area contributed by atoms with Crippen molar-refractivity contribution in [1.29, 1.82) is 0 Å². The van der Waals surface area contributed by atoms with Crippen molar-refractivity contribution in [2.24, 2.45) is 11.7 Å². The van der Waals surface area contributed by atoms with E-state index in [0.29, 0.717) is 32.8 Å². The van der Waals surface area contributed by atoms with E-state index in [9.17, 15) is 14.4 Å². The number of hydrogen-bond donors (Lipinski definition) is 2. The van der Waals surface area contributed by atoms with Crippen LogP contribution in [0.2, 0.25) is 0 Å². The molecule has 2 heterocycles. The van der Waals surface area contributed by atoms with Gasteiger partial charge in [-0.25, -0.2) is 0 Å². The van der Waals surface area contributed by atoms with Crippen molar-refractivity contribution < 1.29 is 19.1 Å². The highest BCUT2D eigenvalue weighted by molar-refractivity contribution is 5.87. The van der Waals surface area contributed by atoms with Crippen molar-refractivity contribution in [3.8, 4) is 0 Å². The molecule has 0 bridgehead atoms. The van der Waals surface area contributed by atoms with Gasteiger partial charge in [-0.05, 0) is 18.8 Å². The minimum absolute atomic E-state index is 0.0208. The van der Waals surface area contributed by atoms with Crippen LogP contribution in [0.4, 0.5) is 0 Å². The van der Waals surface area contributed by atoms with Crippen molar-refractivity contribution in [2.75, 3.05) is 39.3 Å². The maximum absolute atomic E-state index is 12.3. The van der Waals surface area contributed by atoms with Crippen molar-refractivity contribution in [3.63, 3.8) is 0 Å². The van der Waals surface area contributed by atoms with E-state index >= 15 is 0 Å².